The van der Waals surface area contributed by atoms with Gasteiger partial charge in [-0.3, -0.25) is 4.79 Å². The number of ether oxygens (including phenoxy) is 1. The quantitative estimate of drug-likeness (QED) is 0.255. The molecular weight excluding hydrogens is 533 g/mol. The molecule has 6 rings (SSSR count). The summed E-state index contributed by atoms with van der Waals surface area (Å²) in [5.74, 6) is -0.313. The lowest BCUT2D eigenvalue weighted by Gasteiger charge is -2.69. The Balaban J connectivity index is 1.55. The predicted molar refractivity (Wildman–Crippen MR) is 142 cm³/mol. The van der Waals surface area contributed by atoms with Crippen molar-refractivity contribution in [1.82, 2.24) is 4.98 Å². The summed E-state index contributed by atoms with van der Waals surface area (Å²) in [6, 6.07) is 6.26. The average molecular weight is 563 g/mol. The number of benzene rings is 1. The zero-order chi connectivity index (χ0) is 28.7. The second-order valence-corrected chi connectivity index (χ2v) is 12.5. The highest BCUT2D eigenvalue weighted by Crippen LogP contribution is 2.78. The molecule has 39 heavy (non-hydrogen) atoms. The fraction of sp³-hybridized carbons (Fsp3) is 0.483. The Morgan fingerprint density at radius 1 is 1.15 bits per heavy atom. The molecule has 208 valence electrons. The third kappa shape index (κ3) is 4.48. The van der Waals surface area contributed by atoms with Gasteiger partial charge in [-0.1, -0.05) is 17.7 Å². The number of fused-ring (bicyclic) bond motifs is 1. The maximum atomic E-state index is 13.5. The lowest BCUT2D eigenvalue weighted by molar-refractivity contribution is -0.340. The minimum absolute atomic E-state index is 0.00513. The summed E-state index contributed by atoms with van der Waals surface area (Å²) in [7, 11) is 0. The summed E-state index contributed by atoms with van der Waals surface area (Å²) >= 11 is 6.07. The first-order valence-corrected chi connectivity index (χ1v) is 13.1. The maximum absolute atomic E-state index is 13.5. The highest BCUT2D eigenvalue weighted by atomic mass is 35.5. The number of halogens is 4. The second-order valence-electron chi connectivity index (χ2n) is 12.1. The van der Waals surface area contributed by atoms with Crippen LogP contribution < -0.4 is 10.7 Å². The van der Waals surface area contributed by atoms with Crippen LogP contribution in [-0.2, 0) is 10.2 Å². The van der Waals surface area contributed by atoms with Crippen LogP contribution in [0.3, 0.4) is 0 Å². The number of hydrogen-bond donors (Lipinski definition) is 1. The van der Waals surface area contributed by atoms with Gasteiger partial charge in [0, 0.05) is 16.5 Å². The van der Waals surface area contributed by atoms with Crippen molar-refractivity contribution in [3.8, 4) is 0 Å². The van der Waals surface area contributed by atoms with Gasteiger partial charge in [-0.15, -0.1) is 0 Å². The van der Waals surface area contributed by atoms with E-state index in [4.69, 9.17) is 20.8 Å². The molecule has 0 aliphatic heterocycles. The van der Waals surface area contributed by atoms with Gasteiger partial charge in [0.2, 0.25) is 0 Å². The SMILES string of the molecule is Cc1cc(C(C)Nc2ccc(Cl)nc2C(=O)OC(C)(C)C)c2oc(C34CC(C(F)(F)F)(C3)C4)c(C)c(=O)c2c1. The third-order valence-electron chi connectivity index (χ3n) is 7.80. The Morgan fingerprint density at radius 3 is 2.38 bits per heavy atom. The van der Waals surface area contributed by atoms with Crippen LogP contribution in [0.1, 0.15) is 85.9 Å². The van der Waals surface area contributed by atoms with E-state index in [1.807, 2.05) is 19.9 Å². The number of aryl methyl sites for hydroxylation is 1. The molecule has 0 spiro atoms. The molecule has 1 aromatic carbocycles. The van der Waals surface area contributed by atoms with Crippen molar-refractivity contribution in [3.05, 3.63) is 67.8 Å². The Morgan fingerprint density at radius 2 is 1.79 bits per heavy atom. The molecule has 0 saturated heterocycles. The number of carbonyl (C=O) groups is 1. The van der Waals surface area contributed by atoms with Crippen LogP contribution in [-0.4, -0.2) is 22.7 Å². The van der Waals surface area contributed by atoms with E-state index in [-0.39, 0.29) is 35.5 Å². The third-order valence-corrected chi connectivity index (χ3v) is 8.01. The summed E-state index contributed by atoms with van der Waals surface area (Å²) in [5, 5.41) is 3.74. The van der Waals surface area contributed by atoms with E-state index in [1.165, 1.54) is 0 Å². The first-order valence-electron chi connectivity index (χ1n) is 12.8. The van der Waals surface area contributed by atoms with E-state index >= 15 is 0 Å². The molecule has 2 bridgehead atoms. The molecule has 0 radical (unpaired) electrons. The highest BCUT2D eigenvalue weighted by Gasteiger charge is 2.80. The molecule has 3 aliphatic carbocycles. The molecule has 2 heterocycles. The van der Waals surface area contributed by atoms with Crippen LogP contribution in [0.4, 0.5) is 18.9 Å². The number of nitrogens with one attached hydrogen (secondary N) is 1. The van der Waals surface area contributed by atoms with Crippen LogP contribution >= 0.6 is 11.6 Å². The standard InChI is InChI=1S/C29H30ClF3N2O4/c1-14-9-17(16(3)34-19-7-8-20(30)35-21(19)25(37)39-26(4,5)6)23-18(10-14)22(36)15(2)24(38-23)27-11-28(12-27,13-27)29(31,32)33/h7-10,16,34H,11-13H2,1-6H3. The fourth-order valence-electron chi connectivity index (χ4n) is 6.07. The topological polar surface area (TPSA) is 81.4 Å². The molecule has 0 amide bonds. The molecule has 1 N–H and O–H groups in total. The number of esters is 1. The molecule has 3 saturated carbocycles. The number of carbonyl (C=O) groups excluding carboxylic acids is 1. The Bertz CT molecular complexity index is 1550. The molecule has 3 aliphatic rings. The molecule has 3 aromatic rings. The van der Waals surface area contributed by atoms with E-state index in [2.05, 4.69) is 10.3 Å². The van der Waals surface area contributed by atoms with E-state index in [1.54, 1.807) is 45.9 Å². The van der Waals surface area contributed by atoms with Gasteiger partial charge in [-0.25, -0.2) is 9.78 Å². The van der Waals surface area contributed by atoms with Crippen LogP contribution in [0.25, 0.3) is 11.0 Å². The van der Waals surface area contributed by atoms with E-state index < -0.39 is 34.6 Å². The monoisotopic (exact) mass is 562 g/mol. The van der Waals surface area contributed by atoms with Crippen LogP contribution in [0, 0.1) is 19.3 Å². The van der Waals surface area contributed by atoms with Crippen LogP contribution in [0.2, 0.25) is 5.15 Å². The normalized spacial score (nSPS) is 23.1. The second kappa shape index (κ2) is 8.71. The number of aromatic nitrogens is 1. The summed E-state index contributed by atoms with van der Waals surface area (Å²) in [4.78, 5) is 30.5. The van der Waals surface area contributed by atoms with Gasteiger partial charge in [-0.05, 0) is 84.6 Å². The smallest absolute Gasteiger partial charge is 0.394 e. The van der Waals surface area contributed by atoms with Gasteiger partial charge >= 0.3 is 12.1 Å². The summed E-state index contributed by atoms with van der Waals surface area (Å²) < 4.78 is 52.4. The number of nitrogens with zero attached hydrogens (tertiary/aromatic N) is 1. The van der Waals surface area contributed by atoms with Gasteiger partial charge in [0.1, 0.15) is 22.1 Å². The molecule has 1 atom stereocenters. The lowest BCUT2D eigenvalue weighted by atomic mass is 9.34. The zero-order valence-corrected chi connectivity index (χ0v) is 23.4. The summed E-state index contributed by atoms with van der Waals surface area (Å²) in [5.41, 5.74) is -0.950. The molecular formula is C29H30ClF3N2O4. The Hall–Kier alpha value is -3.07. The van der Waals surface area contributed by atoms with Crippen molar-refractivity contribution in [2.45, 2.75) is 84.0 Å². The van der Waals surface area contributed by atoms with Crippen LogP contribution in [0.5, 0.6) is 0 Å². The number of pyridine rings is 1. The molecule has 6 nitrogen and oxygen atoms in total. The van der Waals surface area contributed by atoms with Crippen molar-refractivity contribution in [1.29, 1.82) is 0 Å². The molecule has 1 unspecified atom stereocenters. The number of hydrogen-bond acceptors (Lipinski definition) is 6. The molecule has 3 fully saturated rings. The predicted octanol–water partition coefficient (Wildman–Crippen LogP) is 7.57. The average Bonchev–Trinajstić information content (AvgIpc) is 2.74. The van der Waals surface area contributed by atoms with E-state index in [0.29, 0.717) is 33.5 Å². The van der Waals surface area contributed by atoms with Crippen molar-refractivity contribution in [2.24, 2.45) is 5.41 Å². The Kier molecular flexibility index (Phi) is 6.14. The van der Waals surface area contributed by atoms with Gasteiger partial charge in [-0.2, -0.15) is 13.2 Å². The van der Waals surface area contributed by atoms with Gasteiger partial charge in [0.25, 0.3) is 0 Å². The van der Waals surface area contributed by atoms with Crippen molar-refractivity contribution in [2.75, 3.05) is 5.32 Å². The highest BCUT2D eigenvalue weighted by molar-refractivity contribution is 6.29. The fourth-order valence-corrected chi connectivity index (χ4v) is 6.22. The minimum Gasteiger partial charge on any atom is -0.460 e. The number of anilines is 1. The van der Waals surface area contributed by atoms with Crippen molar-refractivity contribution < 1.29 is 27.1 Å². The summed E-state index contributed by atoms with van der Waals surface area (Å²) in [6.07, 6.45) is -4.46. The summed E-state index contributed by atoms with van der Waals surface area (Å²) in [6.45, 7) is 10.5. The zero-order valence-electron chi connectivity index (χ0n) is 22.6. The lowest BCUT2D eigenvalue weighted by Crippen LogP contribution is -2.70. The minimum atomic E-state index is -4.26. The largest absolute Gasteiger partial charge is 0.460 e. The number of alkyl halides is 3. The molecule has 2 aromatic heterocycles. The van der Waals surface area contributed by atoms with Gasteiger partial charge in [0.15, 0.2) is 11.1 Å². The van der Waals surface area contributed by atoms with E-state index in [0.717, 1.165) is 5.56 Å². The van der Waals surface area contributed by atoms with Crippen molar-refractivity contribution in [3.63, 3.8) is 0 Å². The number of rotatable bonds is 5. The first-order chi connectivity index (χ1) is 18.0. The molecule has 10 heteroatoms. The Labute approximate surface area is 228 Å². The van der Waals surface area contributed by atoms with Gasteiger partial charge < -0.3 is 14.5 Å². The van der Waals surface area contributed by atoms with Crippen molar-refractivity contribution >= 4 is 34.2 Å². The first kappa shape index (κ1) is 27.5. The maximum Gasteiger partial charge on any atom is 0.394 e. The van der Waals surface area contributed by atoms with Gasteiger partial charge in [0.05, 0.1) is 22.5 Å². The van der Waals surface area contributed by atoms with Crippen LogP contribution in [0.15, 0.2) is 33.5 Å². The van der Waals surface area contributed by atoms with E-state index in [9.17, 15) is 22.8 Å².